The van der Waals surface area contributed by atoms with Crippen molar-refractivity contribution in [1.82, 2.24) is 14.7 Å². The molecule has 290 valence electrons. The quantitative estimate of drug-likeness (QED) is 0.225. The summed E-state index contributed by atoms with van der Waals surface area (Å²) in [5.41, 5.74) is 3.84. The Morgan fingerprint density at radius 1 is 0.740 bits per heavy atom. The molecule has 0 radical (unpaired) electrons. The number of piperazine rings is 1. The van der Waals surface area contributed by atoms with Crippen molar-refractivity contribution in [3.63, 3.8) is 0 Å². The minimum atomic E-state index is 0.181. The van der Waals surface area contributed by atoms with Gasteiger partial charge in [-0.15, -0.1) is 13.2 Å². The van der Waals surface area contributed by atoms with Crippen LogP contribution in [0.15, 0.2) is 49.6 Å². The van der Waals surface area contributed by atoms with E-state index in [1.807, 2.05) is 36.4 Å². The Balaban J connectivity index is 0. The summed E-state index contributed by atoms with van der Waals surface area (Å²) in [5.74, 6) is 1.85. The third kappa shape index (κ3) is 23.5. The number of hydrogen-bond donors (Lipinski definition) is 0. The largest absolute Gasteiger partial charge is 0.298 e. The summed E-state index contributed by atoms with van der Waals surface area (Å²) in [6.45, 7) is 63.8. The van der Waals surface area contributed by atoms with Gasteiger partial charge in [-0.05, 0) is 102 Å². The summed E-state index contributed by atoms with van der Waals surface area (Å²) >= 11 is 0. The van der Waals surface area contributed by atoms with E-state index in [-0.39, 0.29) is 11.0 Å². The predicted molar refractivity (Wildman–Crippen MR) is 228 cm³/mol. The molecule has 0 unspecified atom stereocenters. The first-order chi connectivity index (χ1) is 22.5. The van der Waals surface area contributed by atoms with Crippen LogP contribution >= 0.6 is 0 Å². The van der Waals surface area contributed by atoms with E-state index in [1.165, 1.54) is 44.6 Å². The zero-order chi connectivity index (χ0) is 39.7. The van der Waals surface area contributed by atoms with Crippen LogP contribution in [0.3, 0.4) is 0 Å². The molecule has 2 aliphatic rings. The lowest BCUT2D eigenvalue weighted by Gasteiger charge is -2.43. The zero-order valence-electron chi connectivity index (χ0n) is 37.1. The number of hydrogen-bond acceptors (Lipinski definition) is 3. The molecule has 50 heavy (non-hydrogen) atoms. The first kappa shape index (κ1) is 50.2. The fraction of sp³-hybridized carbons (Fsp3) is 0.761. The van der Waals surface area contributed by atoms with E-state index in [9.17, 15) is 0 Å². The van der Waals surface area contributed by atoms with Crippen molar-refractivity contribution >= 4 is 5.69 Å². The molecule has 0 spiro atoms. The van der Waals surface area contributed by atoms with Gasteiger partial charge in [-0.1, -0.05) is 113 Å². The van der Waals surface area contributed by atoms with Crippen LogP contribution in [0.2, 0.25) is 0 Å². The van der Waals surface area contributed by atoms with Crippen molar-refractivity contribution in [2.24, 2.45) is 22.7 Å². The van der Waals surface area contributed by atoms with Gasteiger partial charge in [0.1, 0.15) is 0 Å². The SMILES string of the molecule is C=CCN(CC=C)C(C)(C)C.CC(C)(C)C1CC1.CC(C)C(C)(C)C.CC(C)N1CCN(C(C)(C)C)CC1.[C-]#[N+]c1ccc(C(C)(C)C)cc1. The van der Waals surface area contributed by atoms with Crippen LogP contribution in [-0.4, -0.2) is 71.1 Å². The average Bonchev–Trinajstić information content (AvgIpc) is 3.83. The first-order valence-corrected chi connectivity index (χ1v) is 19.5. The van der Waals surface area contributed by atoms with Crippen LogP contribution in [0.1, 0.15) is 150 Å². The molecule has 0 amide bonds. The molecule has 0 bridgehead atoms. The van der Waals surface area contributed by atoms with E-state index < -0.39 is 0 Å². The van der Waals surface area contributed by atoms with Gasteiger partial charge in [0.05, 0.1) is 6.57 Å². The third-order valence-electron chi connectivity index (χ3n) is 10.0. The molecule has 3 rings (SSSR count). The van der Waals surface area contributed by atoms with E-state index in [4.69, 9.17) is 6.57 Å². The molecule has 1 heterocycles. The molecule has 0 atom stereocenters. The van der Waals surface area contributed by atoms with Gasteiger partial charge in [0.25, 0.3) is 0 Å². The lowest BCUT2D eigenvalue weighted by atomic mass is 9.84. The van der Waals surface area contributed by atoms with Gasteiger partial charge in [0, 0.05) is 56.4 Å². The molecule has 1 aliphatic carbocycles. The molecule has 1 saturated carbocycles. The highest BCUT2D eigenvalue weighted by Gasteiger charge is 2.33. The summed E-state index contributed by atoms with van der Waals surface area (Å²) < 4.78 is 0. The molecular formula is C46H86N4. The van der Waals surface area contributed by atoms with Gasteiger partial charge in [-0.2, -0.15) is 0 Å². The highest BCUT2D eigenvalue weighted by atomic mass is 15.3. The minimum Gasteiger partial charge on any atom is -0.298 e. The molecule has 1 aromatic rings. The Kier molecular flexibility index (Phi) is 22.3. The Bertz CT molecular complexity index is 1050. The first-order valence-electron chi connectivity index (χ1n) is 19.5. The summed E-state index contributed by atoms with van der Waals surface area (Å²) in [6.07, 6.45) is 6.80. The Hall–Kier alpha value is -1.93. The van der Waals surface area contributed by atoms with Crippen LogP contribution in [0.4, 0.5) is 5.69 Å². The normalized spacial score (nSPS) is 16.0. The van der Waals surface area contributed by atoms with Crippen molar-refractivity contribution in [2.45, 2.75) is 167 Å². The van der Waals surface area contributed by atoms with Crippen molar-refractivity contribution in [2.75, 3.05) is 39.3 Å². The molecule has 4 nitrogen and oxygen atoms in total. The summed E-state index contributed by atoms with van der Waals surface area (Å²) in [4.78, 5) is 10.8. The van der Waals surface area contributed by atoms with Gasteiger partial charge >= 0.3 is 0 Å². The number of nitrogens with zero attached hydrogens (tertiary/aromatic N) is 4. The van der Waals surface area contributed by atoms with Gasteiger partial charge in [0.2, 0.25) is 0 Å². The molecule has 0 aromatic heterocycles. The highest BCUT2D eigenvalue weighted by Crippen LogP contribution is 2.44. The van der Waals surface area contributed by atoms with Gasteiger partial charge in [0.15, 0.2) is 5.69 Å². The van der Waals surface area contributed by atoms with E-state index >= 15 is 0 Å². The summed E-state index contributed by atoms with van der Waals surface area (Å²) in [5, 5.41) is 0. The van der Waals surface area contributed by atoms with Crippen molar-refractivity contribution in [3.8, 4) is 0 Å². The van der Waals surface area contributed by atoms with E-state index in [2.05, 4.69) is 164 Å². The third-order valence-corrected chi connectivity index (χ3v) is 10.0. The zero-order valence-corrected chi connectivity index (χ0v) is 37.1. The minimum absolute atomic E-state index is 0.181. The second-order valence-electron chi connectivity index (χ2n) is 20.0. The standard InChI is InChI=1S/C11H24N2.C11H13N.C10H19N.C7H14.C7H16/c1-10(2)12-6-8-13(9-7-12)11(3,4)5;1-11(2,3)9-5-7-10(12-4)8-6-9;1-6-8-11(9-7-2)10(3,4)5;1-7(2,3)6-4-5-6;1-6(2)7(3,4)5/h10H,6-9H2,1-5H3;5-8H,1-3H3;6-7H,1-2,8-9H2,3-5H3;6H,4-5H2,1-3H3;6H,1-5H3. The smallest absolute Gasteiger partial charge is 0.187 e. The maximum atomic E-state index is 6.80. The Morgan fingerprint density at radius 2 is 1.14 bits per heavy atom. The fourth-order valence-electron chi connectivity index (χ4n) is 4.83. The molecule has 4 heteroatoms. The highest BCUT2D eigenvalue weighted by molar-refractivity contribution is 5.46. The van der Waals surface area contributed by atoms with Gasteiger partial charge in [-0.3, -0.25) is 14.7 Å². The summed E-state index contributed by atoms with van der Waals surface area (Å²) in [7, 11) is 0. The molecule has 1 aromatic carbocycles. The van der Waals surface area contributed by atoms with E-state index in [0.29, 0.717) is 28.1 Å². The number of benzene rings is 1. The topological polar surface area (TPSA) is 14.1 Å². The van der Waals surface area contributed by atoms with Crippen LogP contribution in [0.25, 0.3) is 4.85 Å². The summed E-state index contributed by atoms with van der Waals surface area (Å²) in [6, 6.07) is 8.49. The van der Waals surface area contributed by atoms with Crippen LogP contribution in [0.5, 0.6) is 0 Å². The average molecular weight is 695 g/mol. The second kappa shape index (κ2) is 22.2. The van der Waals surface area contributed by atoms with E-state index in [0.717, 1.165) is 24.9 Å². The molecular weight excluding hydrogens is 609 g/mol. The Morgan fingerprint density at radius 3 is 1.34 bits per heavy atom. The maximum Gasteiger partial charge on any atom is 0.187 e. The predicted octanol–water partition coefficient (Wildman–Crippen LogP) is 12.9. The molecule has 1 saturated heterocycles. The Labute approximate surface area is 315 Å². The van der Waals surface area contributed by atoms with Crippen LogP contribution < -0.4 is 0 Å². The molecule has 1 aliphatic heterocycles. The number of rotatable bonds is 5. The molecule has 2 fully saturated rings. The lowest BCUT2D eigenvalue weighted by molar-refractivity contribution is 0.0491. The van der Waals surface area contributed by atoms with Crippen molar-refractivity contribution in [3.05, 3.63) is 66.6 Å². The fourth-order valence-corrected chi connectivity index (χ4v) is 4.83. The van der Waals surface area contributed by atoms with Crippen LogP contribution in [0, 0.1) is 29.2 Å². The van der Waals surface area contributed by atoms with E-state index in [1.54, 1.807) is 0 Å². The monoisotopic (exact) mass is 695 g/mol. The van der Waals surface area contributed by atoms with Crippen molar-refractivity contribution in [1.29, 1.82) is 0 Å². The van der Waals surface area contributed by atoms with Crippen molar-refractivity contribution < 1.29 is 0 Å². The second-order valence-corrected chi connectivity index (χ2v) is 20.0. The van der Waals surface area contributed by atoms with Gasteiger partial charge in [-0.25, -0.2) is 4.85 Å². The maximum absolute atomic E-state index is 6.80. The van der Waals surface area contributed by atoms with Crippen LogP contribution in [-0.2, 0) is 5.41 Å². The van der Waals surface area contributed by atoms with Gasteiger partial charge < -0.3 is 0 Å². The lowest BCUT2D eigenvalue weighted by Crippen LogP contribution is -2.54. The molecule has 0 N–H and O–H groups in total.